The third-order valence-corrected chi connectivity index (χ3v) is 4.78. The molecule has 21 heavy (non-hydrogen) atoms. The molecule has 1 aromatic carbocycles. The van der Waals surface area contributed by atoms with Gasteiger partial charge in [-0.05, 0) is 55.0 Å². The molecule has 1 saturated heterocycles. The first-order chi connectivity index (χ1) is 10.3. The van der Waals surface area contributed by atoms with E-state index in [1.54, 1.807) is 6.20 Å². The van der Waals surface area contributed by atoms with Gasteiger partial charge < -0.3 is 4.90 Å². The minimum Gasteiger partial charge on any atom is -0.338 e. The van der Waals surface area contributed by atoms with Crippen LogP contribution in [0.3, 0.4) is 0 Å². The summed E-state index contributed by atoms with van der Waals surface area (Å²) in [5.41, 5.74) is 4.77. The van der Waals surface area contributed by atoms with Crippen molar-refractivity contribution in [1.29, 1.82) is 0 Å². The Hall–Kier alpha value is -2.10. The van der Waals surface area contributed by atoms with Crippen molar-refractivity contribution < 1.29 is 4.79 Å². The minimum atomic E-state index is 0.173. The zero-order chi connectivity index (χ0) is 14.2. The van der Waals surface area contributed by atoms with Gasteiger partial charge >= 0.3 is 0 Å². The second-order valence-electron chi connectivity index (χ2n) is 6.09. The molecular weight excluding hydrogens is 262 g/mol. The molecule has 108 valence electrons. The summed E-state index contributed by atoms with van der Waals surface area (Å²) < 4.78 is 0. The van der Waals surface area contributed by atoms with E-state index in [4.69, 9.17) is 0 Å². The lowest BCUT2D eigenvalue weighted by Gasteiger charge is -2.17. The maximum Gasteiger partial charge on any atom is 0.253 e. The van der Waals surface area contributed by atoms with Crippen LogP contribution in [0.4, 0.5) is 0 Å². The predicted molar refractivity (Wildman–Crippen MR) is 80.3 cm³/mol. The van der Waals surface area contributed by atoms with Gasteiger partial charge in [-0.25, -0.2) is 0 Å². The summed E-state index contributed by atoms with van der Waals surface area (Å²) in [6.07, 6.45) is 6.29. The van der Waals surface area contributed by atoms with Gasteiger partial charge in [0.2, 0.25) is 0 Å². The summed E-state index contributed by atoms with van der Waals surface area (Å²) in [4.78, 5) is 14.6. The van der Waals surface area contributed by atoms with Crippen LogP contribution in [-0.4, -0.2) is 34.1 Å². The highest BCUT2D eigenvalue weighted by atomic mass is 16.2. The molecule has 0 saturated carbocycles. The maximum atomic E-state index is 12.7. The molecular formula is C17H19N3O. The van der Waals surface area contributed by atoms with Gasteiger partial charge in [0.05, 0.1) is 0 Å². The van der Waals surface area contributed by atoms with Crippen molar-refractivity contribution in [1.82, 2.24) is 15.1 Å². The molecule has 1 fully saturated rings. The van der Waals surface area contributed by atoms with Crippen LogP contribution in [0.2, 0.25) is 0 Å². The predicted octanol–water partition coefficient (Wildman–Crippen LogP) is 2.53. The molecule has 1 aliphatic heterocycles. The summed E-state index contributed by atoms with van der Waals surface area (Å²) >= 11 is 0. The number of H-pyrrole nitrogens is 1. The van der Waals surface area contributed by atoms with Crippen molar-refractivity contribution in [3.8, 4) is 0 Å². The number of rotatable bonds is 2. The van der Waals surface area contributed by atoms with Gasteiger partial charge in [-0.1, -0.05) is 6.07 Å². The van der Waals surface area contributed by atoms with Gasteiger partial charge in [-0.2, -0.15) is 5.10 Å². The van der Waals surface area contributed by atoms with Crippen molar-refractivity contribution in [2.24, 2.45) is 0 Å². The Morgan fingerprint density at radius 2 is 2.14 bits per heavy atom. The number of benzene rings is 1. The average molecular weight is 281 g/mol. The number of nitrogens with one attached hydrogen (secondary N) is 1. The molecule has 0 unspecified atom stereocenters. The highest BCUT2D eigenvalue weighted by Crippen LogP contribution is 2.28. The average Bonchev–Trinajstić information content (AvgIpc) is 3.24. The number of aromatic amines is 1. The number of aryl methyl sites for hydroxylation is 2. The van der Waals surface area contributed by atoms with Gasteiger partial charge in [0.15, 0.2) is 0 Å². The third kappa shape index (κ3) is 2.24. The third-order valence-electron chi connectivity index (χ3n) is 4.78. The fraction of sp³-hybridized carbons (Fsp3) is 0.412. The number of aromatic nitrogens is 2. The second kappa shape index (κ2) is 5.02. The molecule has 1 aliphatic carbocycles. The van der Waals surface area contributed by atoms with Crippen molar-refractivity contribution in [2.45, 2.75) is 31.6 Å². The molecule has 4 rings (SSSR count). The largest absolute Gasteiger partial charge is 0.338 e. The summed E-state index contributed by atoms with van der Waals surface area (Å²) in [5.74, 6) is 0.567. The van der Waals surface area contributed by atoms with Gasteiger partial charge in [0.1, 0.15) is 0 Å². The van der Waals surface area contributed by atoms with E-state index in [0.717, 1.165) is 43.6 Å². The Morgan fingerprint density at radius 1 is 1.24 bits per heavy atom. The lowest BCUT2D eigenvalue weighted by atomic mass is 10.0. The van der Waals surface area contributed by atoms with Crippen molar-refractivity contribution in [3.63, 3.8) is 0 Å². The number of carbonyl (C=O) groups excluding carboxylic acids is 1. The Kier molecular flexibility index (Phi) is 3.02. The zero-order valence-electron chi connectivity index (χ0n) is 12.0. The molecule has 1 N–H and O–H groups in total. The van der Waals surface area contributed by atoms with Crippen LogP contribution in [0.15, 0.2) is 30.5 Å². The van der Waals surface area contributed by atoms with E-state index < -0.39 is 0 Å². The van der Waals surface area contributed by atoms with E-state index in [1.807, 2.05) is 17.0 Å². The van der Waals surface area contributed by atoms with Gasteiger partial charge in [-0.3, -0.25) is 9.89 Å². The van der Waals surface area contributed by atoms with Crippen molar-refractivity contribution in [2.75, 3.05) is 13.1 Å². The highest BCUT2D eigenvalue weighted by Gasteiger charge is 2.29. The monoisotopic (exact) mass is 281 g/mol. The van der Waals surface area contributed by atoms with Gasteiger partial charge in [0, 0.05) is 36.5 Å². The molecule has 1 atom stereocenters. The number of nitrogens with zero attached hydrogens (tertiary/aromatic N) is 2. The van der Waals surface area contributed by atoms with E-state index in [0.29, 0.717) is 5.92 Å². The van der Waals surface area contributed by atoms with Crippen LogP contribution in [-0.2, 0) is 12.8 Å². The topological polar surface area (TPSA) is 49.0 Å². The normalized spacial score (nSPS) is 20.8. The maximum absolute atomic E-state index is 12.7. The number of hydrogen-bond donors (Lipinski definition) is 1. The van der Waals surface area contributed by atoms with Gasteiger partial charge in [0.25, 0.3) is 5.91 Å². The zero-order valence-corrected chi connectivity index (χ0v) is 12.0. The minimum absolute atomic E-state index is 0.173. The van der Waals surface area contributed by atoms with E-state index in [9.17, 15) is 4.79 Å². The first kappa shape index (κ1) is 12.6. The molecule has 0 bridgehead atoms. The van der Waals surface area contributed by atoms with Crippen LogP contribution in [0.5, 0.6) is 0 Å². The van der Waals surface area contributed by atoms with Crippen LogP contribution >= 0.6 is 0 Å². The first-order valence-corrected chi connectivity index (χ1v) is 7.71. The van der Waals surface area contributed by atoms with Crippen molar-refractivity contribution in [3.05, 3.63) is 52.8 Å². The molecule has 1 amide bonds. The lowest BCUT2D eigenvalue weighted by Crippen LogP contribution is -2.28. The Balaban J connectivity index is 1.51. The number of fused-ring (bicyclic) bond motifs is 1. The summed E-state index contributed by atoms with van der Waals surface area (Å²) in [7, 11) is 0. The van der Waals surface area contributed by atoms with Crippen molar-refractivity contribution >= 4 is 5.91 Å². The fourth-order valence-electron chi connectivity index (χ4n) is 3.58. The Bertz CT molecular complexity index is 663. The summed E-state index contributed by atoms with van der Waals surface area (Å²) in [6, 6.07) is 8.25. The van der Waals surface area contributed by atoms with Crippen LogP contribution < -0.4 is 0 Å². The number of hydrogen-bond acceptors (Lipinski definition) is 2. The molecule has 4 heteroatoms. The van der Waals surface area contributed by atoms with E-state index in [1.165, 1.54) is 17.5 Å². The van der Waals surface area contributed by atoms with Crippen LogP contribution in [0, 0.1) is 0 Å². The number of likely N-dealkylation sites (tertiary alicyclic amines) is 1. The SMILES string of the molecule is O=C(c1ccc2c(c1)CCC2)N1CC[C@H](c2ccn[nH]2)C1. The molecule has 2 aromatic rings. The van der Waals surface area contributed by atoms with Crippen LogP contribution in [0.1, 0.15) is 45.9 Å². The molecule has 1 aromatic heterocycles. The van der Waals surface area contributed by atoms with E-state index >= 15 is 0 Å². The molecule has 0 spiro atoms. The molecule has 2 aliphatic rings. The summed E-state index contributed by atoms with van der Waals surface area (Å²) in [5, 5.41) is 7.03. The lowest BCUT2D eigenvalue weighted by molar-refractivity contribution is 0.0790. The Morgan fingerprint density at radius 3 is 3.00 bits per heavy atom. The Labute approximate surface area is 124 Å². The standard InChI is InChI=1S/C17H19N3O/c21-17(14-5-4-12-2-1-3-13(12)10-14)20-9-7-15(11-20)16-6-8-18-19-16/h4-6,8,10,15H,1-3,7,9,11H2,(H,18,19)/t15-/m0/s1. The second-order valence-corrected chi connectivity index (χ2v) is 6.09. The number of carbonyl (C=O) groups is 1. The first-order valence-electron chi connectivity index (χ1n) is 7.71. The van der Waals surface area contributed by atoms with E-state index in [2.05, 4.69) is 22.3 Å². The molecule has 2 heterocycles. The van der Waals surface area contributed by atoms with E-state index in [-0.39, 0.29) is 5.91 Å². The smallest absolute Gasteiger partial charge is 0.253 e. The van der Waals surface area contributed by atoms with Crippen LogP contribution in [0.25, 0.3) is 0 Å². The fourth-order valence-corrected chi connectivity index (χ4v) is 3.58. The summed E-state index contributed by atoms with van der Waals surface area (Å²) in [6.45, 7) is 1.62. The molecule has 4 nitrogen and oxygen atoms in total. The quantitative estimate of drug-likeness (QED) is 0.919. The highest BCUT2D eigenvalue weighted by molar-refractivity contribution is 5.94. The van der Waals surface area contributed by atoms with Gasteiger partial charge in [-0.15, -0.1) is 0 Å². The number of amides is 1. The molecule has 0 radical (unpaired) electrons.